The van der Waals surface area contributed by atoms with Crippen molar-refractivity contribution in [1.29, 1.82) is 0 Å². The summed E-state index contributed by atoms with van der Waals surface area (Å²) in [6.07, 6.45) is 0. The van der Waals surface area contributed by atoms with E-state index in [0.29, 0.717) is 0 Å². The van der Waals surface area contributed by atoms with Gasteiger partial charge in [0, 0.05) is 8.95 Å². The largest absolute Gasteiger partial charge is 0.0605 e. The Morgan fingerprint density at radius 3 is 2.33 bits per heavy atom. The second-order valence-corrected chi connectivity index (χ2v) is 5.30. The lowest BCUT2D eigenvalue weighted by Crippen LogP contribution is -1.83. The van der Waals surface area contributed by atoms with Crippen LogP contribution < -0.4 is 0 Å². The van der Waals surface area contributed by atoms with Crippen molar-refractivity contribution in [3.05, 3.63) is 57.0 Å². The number of aryl methyl sites for hydroxylation is 1. The molecule has 15 heavy (non-hydrogen) atoms. The average Bonchev–Trinajstić information content (AvgIpc) is 2.22. The van der Waals surface area contributed by atoms with Gasteiger partial charge in [-0.3, -0.25) is 0 Å². The molecule has 76 valence electrons. The highest BCUT2D eigenvalue weighted by Gasteiger charge is 2.02. The molecule has 0 aliphatic carbocycles. The van der Waals surface area contributed by atoms with Crippen LogP contribution in [-0.2, 0) is 0 Å². The van der Waals surface area contributed by atoms with Gasteiger partial charge in [0.15, 0.2) is 0 Å². The van der Waals surface area contributed by atoms with E-state index in [4.69, 9.17) is 0 Å². The van der Waals surface area contributed by atoms with Crippen LogP contribution in [0.3, 0.4) is 0 Å². The third-order valence-electron chi connectivity index (χ3n) is 2.34. The summed E-state index contributed by atoms with van der Waals surface area (Å²) in [5, 5.41) is 0. The van der Waals surface area contributed by atoms with Crippen LogP contribution in [0.2, 0.25) is 0 Å². The first kappa shape index (κ1) is 10.9. The molecule has 0 N–H and O–H groups in total. The van der Waals surface area contributed by atoms with E-state index in [-0.39, 0.29) is 0 Å². The molecule has 0 saturated carbocycles. The Bertz CT molecular complexity index is 490. The second-order valence-electron chi connectivity index (χ2n) is 3.47. The second kappa shape index (κ2) is 4.50. The summed E-state index contributed by atoms with van der Waals surface area (Å²) >= 11 is 6.99. The van der Waals surface area contributed by atoms with Gasteiger partial charge in [-0.1, -0.05) is 50.1 Å². The molecular formula is C13H10Br2. The molecule has 2 rings (SSSR count). The molecule has 0 nitrogen and oxygen atoms in total. The fourth-order valence-electron chi connectivity index (χ4n) is 1.56. The van der Waals surface area contributed by atoms with Crippen LogP contribution >= 0.6 is 31.9 Å². The van der Waals surface area contributed by atoms with E-state index in [2.05, 4.69) is 75.2 Å². The van der Waals surface area contributed by atoms with Crippen molar-refractivity contribution in [2.45, 2.75) is 6.92 Å². The highest BCUT2D eigenvalue weighted by atomic mass is 79.9. The van der Waals surface area contributed by atoms with Crippen LogP contribution in [0.25, 0.3) is 11.1 Å². The number of rotatable bonds is 1. The molecule has 0 aliphatic heterocycles. The molecule has 0 heterocycles. The van der Waals surface area contributed by atoms with Crippen LogP contribution in [0.1, 0.15) is 5.56 Å². The SMILES string of the molecule is Cc1ccc(Br)cc1-c1cccc(Br)c1. The molecule has 0 unspecified atom stereocenters. The molecule has 0 bridgehead atoms. The lowest BCUT2D eigenvalue weighted by Gasteiger charge is -2.07. The van der Waals surface area contributed by atoms with E-state index < -0.39 is 0 Å². The summed E-state index contributed by atoms with van der Waals surface area (Å²) in [5.74, 6) is 0. The standard InChI is InChI=1S/C13H10Br2/c1-9-5-6-12(15)8-13(9)10-3-2-4-11(14)7-10/h2-8H,1H3. The predicted octanol–water partition coefficient (Wildman–Crippen LogP) is 5.19. The third-order valence-corrected chi connectivity index (χ3v) is 3.32. The fourth-order valence-corrected chi connectivity index (χ4v) is 2.32. The van der Waals surface area contributed by atoms with E-state index in [1.54, 1.807) is 0 Å². The molecule has 0 spiro atoms. The van der Waals surface area contributed by atoms with Crippen LogP contribution in [0, 0.1) is 6.92 Å². The van der Waals surface area contributed by atoms with E-state index in [9.17, 15) is 0 Å². The van der Waals surface area contributed by atoms with Gasteiger partial charge in [-0.2, -0.15) is 0 Å². The number of benzene rings is 2. The van der Waals surface area contributed by atoms with Gasteiger partial charge in [0.05, 0.1) is 0 Å². The molecule has 2 aromatic carbocycles. The first-order chi connectivity index (χ1) is 7.16. The molecule has 2 aromatic rings. The maximum absolute atomic E-state index is 3.50. The summed E-state index contributed by atoms with van der Waals surface area (Å²) in [6, 6.07) is 14.7. The van der Waals surface area contributed by atoms with Crippen molar-refractivity contribution in [2.75, 3.05) is 0 Å². The Morgan fingerprint density at radius 2 is 1.60 bits per heavy atom. The molecule has 2 heteroatoms. The van der Waals surface area contributed by atoms with Gasteiger partial charge in [-0.15, -0.1) is 0 Å². The Hall–Kier alpha value is -0.600. The number of hydrogen-bond acceptors (Lipinski definition) is 0. The van der Waals surface area contributed by atoms with E-state index in [1.165, 1.54) is 16.7 Å². The molecule has 0 aliphatic rings. The summed E-state index contributed by atoms with van der Waals surface area (Å²) in [7, 11) is 0. The van der Waals surface area contributed by atoms with E-state index in [1.807, 2.05) is 6.07 Å². The molecule has 0 fully saturated rings. The third kappa shape index (κ3) is 2.50. The zero-order chi connectivity index (χ0) is 10.8. The molecule has 0 amide bonds. The zero-order valence-electron chi connectivity index (χ0n) is 8.30. The normalized spacial score (nSPS) is 10.3. The Kier molecular flexibility index (Phi) is 3.27. The van der Waals surface area contributed by atoms with Crippen molar-refractivity contribution >= 4 is 31.9 Å². The Balaban J connectivity index is 2.58. The van der Waals surface area contributed by atoms with Crippen LogP contribution in [0.5, 0.6) is 0 Å². The maximum atomic E-state index is 3.50. The zero-order valence-corrected chi connectivity index (χ0v) is 11.5. The van der Waals surface area contributed by atoms with Crippen molar-refractivity contribution in [2.24, 2.45) is 0 Å². The Labute approximate surface area is 107 Å². The van der Waals surface area contributed by atoms with Crippen LogP contribution in [0.15, 0.2) is 51.4 Å². The molecule has 0 atom stereocenters. The lowest BCUT2D eigenvalue weighted by molar-refractivity contribution is 1.44. The van der Waals surface area contributed by atoms with Gasteiger partial charge < -0.3 is 0 Å². The maximum Gasteiger partial charge on any atom is 0.0181 e. The van der Waals surface area contributed by atoms with Gasteiger partial charge in [-0.25, -0.2) is 0 Å². The van der Waals surface area contributed by atoms with Crippen molar-refractivity contribution in [3.63, 3.8) is 0 Å². The molecule has 0 radical (unpaired) electrons. The minimum atomic E-state index is 1.11. The summed E-state index contributed by atoms with van der Waals surface area (Å²) < 4.78 is 2.22. The van der Waals surface area contributed by atoms with Crippen molar-refractivity contribution < 1.29 is 0 Å². The number of hydrogen-bond donors (Lipinski definition) is 0. The summed E-state index contributed by atoms with van der Waals surface area (Å²) in [6.45, 7) is 2.13. The monoisotopic (exact) mass is 324 g/mol. The first-order valence-corrected chi connectivity index (χ1v) is 6.27. The topological polar surface area (TPSA) is 0 Å². The van der Waals surface area contributed by atoms with Gasteiger partial charge in [-0.05, 0) is 47.9 Å². The van der Waals surface area contributed by atoms with E-state index >= 15 is 0 Å². The highest BCUT2D eigenvalue weighted by Crippen LogP contribution is 2.28. The van der Waals surface area contributed by atoms with Gasteiger partial charge in [0.2, 0.25) is 0 Å². The minimum Gasteiger partial charge on any atom is -0.0605 e. The first-order valence-electron chi connectivity index (χ1n) is 4.69. The van der Waals surface area contributed by atoms with Gasteiger partial charge in [0.1, 0.15) is 0 Å². The quantitative estimate of drug-likeness (QED) is 0.677. The lowest BCUT2D eigenvalue weighted by atomic mass is 10.0. The fraction of sp³-hybridized carbons (Fsp3) is 0.0769. The Morgan fingerprint density at radius 1 is 0.867 bits per heavy atom. The highest BCUT2D eigenvalue weighted by molar-refractivity contribution is 9.10. The van der Waals surface area contributed by atoms with Crippen LogP contribution in [-0.4, -0.2) is 0 Å². The molecule has 0 aromatic heterocycles. The van der Waals surface area contributed by atoms with Crippen molar-refractivity contribution in [3.8, 4) is 11.1 Å². The van der Waals surface area contributed by atoms with Crippen molar-refractivity contribution in [1.82, 2.24) is 0 Å². The predicted molar refractivity (Wildman–Crippen MR) is 72.0 cm³/mol. The summed E-state index contributed by atoms with van der Waals surface area (Å²) in [5.41, 5.74) is 3.80. The van der Waals surface area contributed by atoms with E-state index in [0.717, 1.165) is 8.95 Å². The average molecular weight is 326 g/mol. The molecular weight excluding hydrogens is 316 g/mol. The minimum absolute atomic E-state index is 1.11. The molecule has 0 saturated heterocycles. The van der Waals surface area contributed by atoms with Crippen LogP contribution in [0.4, 0.5) is 0 Å². The van der Waals surface area contributed by atoms with Gasteiger partial charge >= 0.3 is 0 Å². The number of halogens is 2. The van der Waals surface area contributed by atoms with Gasteiger partial charge in [0.25, 0.3) is 0 Å². The summed E-state index contributed by atoms with van der Waals surface area (Å²) in [4.78, 5) is 0. The smallest absolute Gasteiger partial charge is 0.0181 e.